The first-order valence-electron chi connectivity index (χ1n) is 5.00. The molecule has 0 N–H and O–H groups in total. The minimum atomic E-state index is 0.0381. The largest absolute Gasteiger partial charge is 0.485 e. The molecule has 2 rings (SSSR count). The molecule has 1 aliphatic rings. The Hall–Kier alpha value is -1.31. The van der Waals surface area contributed by atoms with Crippen LogP contribution in [0.3, 0.4) is 0 Å². The highest BCUT2D eigenvalue weighted by Gasteiger charge is 2.13. The molecule has 0 unspecified atom stereocenters. The van der Waals surface area contributed by atoms with Gasteiger partial charge in [0.1, 0.15) is 5.75 Å². The average molecular weight is 189 g/mol. The van der Waals surface area contributed by atoms with Crippen molar-refractivity contribution in [2.45, 2.75) is 25.7 Å². The van der Waals surface area contributed by atoms with Gasteiger partial charge in [-0.25, -0.2) is 0 Å². The van der Waals surface area contributed by atoms with Crippen LogP contribution in [0.5, 0.6) is 5.75 Å². The van der Waals surface area contributed by atoms with E-state index in [4.69, 9.17) is 4.74 Å². The fourth-order valence-electron chi connectivity index (χ4n) is 1.99. The Morgan fingerprint density at radius 1 is 1.29 bits per heavy atom. The van der Waals surface area contributed by atoms with Gasteiger partial charge in [0.15, 0.2) is 6.61 Å². The first-order chi connectivity index (χ1) is 6.92. The van der Waals surface area contributed by atoms with Crippen LogP contribution in [0.4, 0.5) is 0 Å². The maximum absolute atomic E-state index is 10.1. The molecule has 73 valence electrons. The van der Waals surface area contributed by atoms with Crippen molar-refractivity contribution in [2.75, 3.05) is 6.61 Å². The Kier molecular flexibility index (Phi) is 2.82. The molecule has 1 aromatic carbocycles. The van der Waals surface area contributed by atoms with E-state index in [2.05, 4.69) is 6.07 Å². The standard InChI is InChI=1S/C12H13O2/c13-8-9-14-12-7-3-5-10-4-1-2-6-11(10)12/h3,5,7H,1-2,4,6,9H2. The summed E-state index contributed by atoms with van der Waals surface area (Å²) in [6, 6.07) is 6.07. The summed E-state index contributed by atoms with van der Waals surface area (Å²) in [4.78, 5) is 10.1. The zero-order chi connectivity index (χ0) is 9.80. The Morgan fingerprint density at radius 2 is 2.14 bits per heavy atom. The van der Waals surface area contributed by atoms with Crippen molar-refractivity contribution in [1.82, 2.24) is 0 Å². The lowest BCUT2D eigenvalue weighted by Crippen LogP contribution is -2.07. The van der Waals surface area contributed by atoms with E-state index < -0.39 is 0 Å². The lowest BCUT2D eigenvalue weighted by Gasteiger charge is -2.18. The van der Waals surface area contributed by atoms with Gasteiger partial charge >= 0.3 is 0 Å². The molecule has 0 saturated heterocycles. The third-order valence-electron chi connectivity index (χ3n) is 2.64. The monoisotopic (exact) mass is 189 g/mol. The topological polar surface area (TPSA) is 26.3 Å². The molecule has 0 spiro atoms. The predicted molar refractivity (Wildman–Crippen MR) is 54.3 cm³/mol. The summed E-state index contributed by atoms with van der Waals surface area (Å²) in [6.45, 7) is 0.0381. The van der Waals surface area contributed by atoms with Gasteiger partial charge in [0, 0.05) is 0 Å². The molecule has 14 heavy (non-hydrogen) atoms. The van der Waals surface area contributed by atoms with Gasteiger partial charge in [0.2, 0.25) is 6.29 Å². The van der Waals surface area contributed by atoms with Crippen LogP contribution >= 0.6 is 0 Å². The number of hydrogen-bond acceptors (Lipinski definition) is 2. The molecule has 1 aliphatic carbocycles. The van der Waals surface area contributed by atoms with E-state index in [1.165, 1.54) is 24.0 Å². The zero-order valence-corrected chi connectivity index (χ0v) is 8.08. The van der Waals surface area contributed by atoms with E-state index >= 15 is 0 Å². The highest BCUT2D eigenvalue weighted by molar-refractivity contribution is 5.53. The Labute approximate surface area is 83.9 Å². The minimum Gasteiger partial charge on any atom is -0.485 e. The Morgan fingerprint density at radius 3 is 3.00 bits per heavy atom. The Balaban J connectivity index is 2.25. The van der Waals surface area contributed by atoms with E-state index in [-0.39, 0.29) is 6.61 Å². The first-order valence-corrected chi connectivity index (χ1v) is 5.00. The lowest BCUT2D eigenvalue weighted by molar-refractivity contribution is 0.359. The Bertz CT molecular complexity index is 331. The number of benzene rings is 1. The highest BCUT2D eigenvalue weighted by Crippen LogP contribution is 2.29. The molecule has 0 heterocycles. The molecular weight excluding hydrogens is 176 g/mol. The molecule has 0 atom stereocenters. The fraction of sp³-hybridized carbons (Fsp3) is 0.417. The number of fused-ring (bicyclic) bond motifs is 1. The number of aryl methyl sites for hydroxylation is 1. The summed E-state index contributed by atoms with van der Waals surface area (Å²) < 4.78 is 5.33. The van der Waals surface area contributed by atoms with Crippen LogP contribution in [0.15, 0.2) is 18.2 Å². The minimum absolute atomic E-state index is 0.0381. The van der Waals surface area contributed by atoms with Gasteiger partial charge in [-0.15, -0.1) is 0 Å². The molecule has 1 radical (unpaired) electrons. The normalized spacial score (nSPS) is 14.6. The van der Waals surface area contributed by atoms with Crippen LogP contribution in [0.1, 0.15) is 24.0 Å². The van der Waals surface area contributed by atoms with Gasteiger partial charge in [-0.1, -0.05) is 12.1 Å². The van der Waals surface area contributed by atoms with Crippen LogP contribution in [0.2, 0.25) is 0 Å². The summed E-state index contributed by atoms with van der Waals surface area (Å²) >= 11 is 0. The number of carbonyl (C=O) groups excluding carboxylic acids is 1. The predicted octanol–water partition coefficient (Wildman–Crippen LogP) is 2.05. The van der Waals surface area contributed by atoms with Crippen molar-refractivity contribution in [3.05, 3.63) is 29.3 Å². The summed E-state index contributed by atoms with van der Waals surface area (Å²) in [5, 5.41) is 0. The van der Waals surface area contributed by atoms with Gasteiger partial charge in [-0.2, -0.15) is 0 Å². The highest BCUT2D eigenvalue weighted by atomic mass is 16.5. The van der Waals surface area contributed by atoms with E-state index in [0.717, 1.165) is 18.6 Å². The molecular formula is C12H13O2. The van der Waals surface area contributed by atoms with E-state index in [9.17, 15) is 4.79 Å². The number of rotatable bonds is 3. The second kappa shape index (κ2) is 4.27. The van der Waals surface area contributed by atoms with Gasteiger partial charge in [0.25, 0.3) is 0 Å². The molecule has 0 aromatic heterocycles. The summed E-state index contributed by atoms with van der Waals surface area (Å²) in [5.41, 5.74) is 2.66. The van der Waals surface area contributed by atoms with Crippen molar-refractivity contribution < 1.29 is 9.53 Å². The molecule has 2 heteroatoms. The maximum atomic E-state index is 10.1. The third kappa shape index (κ3) is 1.79. The number of ether oxygens (including phenoxy) is 1. The second-order valence-electron chi connectivity index (χ2n) is 3.53. The molecule has 0 saturated carbocycles. The van der Waals surface area contributed by atoms with Crippen molar-refractivity contribution in [2.24, 2.45) is 0 Å². The molecule has 0 fully saturated rings. The van der Waals surface area contributed by atoms with Crippen LogP contribution in [-0.2, 0) is 17.6 Å². The fourth-order valence-corrected chi connectivity index (χ4v) is 1.99. The second-order valence-corrected chi connectivity index (χ2v) is 3.53. The molecule has 1 aromatic rings. The molecule has 0 aliphatic heterocycles. The van der Waals surface area contributed by atoms with Crippen molar-refractivity contribution in [3.63, 3.8) is 0 Å². The summed E-state index contributed by atoms with van der Waals surface area (Å²) in [7, 11) is 0. The van der Waals surface area contributed by atoms with Crippen LogP contribution < -0.4 is 4.74 Å². The first kappa shape index (κ1) is 9.25. The lowest BCUT2D eigenvalue weighted by atomic mass is 9.91. The van der Waals surface area contributed by atoms with Crippen molar-refractivity contribution in [3.8, 4) is 5.75 Å². The quantitative estimate of drug-likeness (QED) is 0.727. The van der Waals surface area contributed by atoms with Gasteiger partial charge in [-0.3, -0.25) is 4.79 Å². The van der Waals surface area contributed by atoms with E-state index in [0.29, 0.717) is 0 Å². The smallest absolute Gasteiger partial charge is 0.239 e. The third-order valence-corrected chi connectivity index (χ3v) is 2.64. The van der Waals surface area contributed by atoms with Gasteiger partial charge in [-0.05, 0) is 42.9 Å². The van der Waals surface area contributed by atoms with Crippen molar-refractivity contribution >= 4 is 6.29 Å². The average Bonchev–Trinajstić information content (AvgIpc) is 2.26. The molecule has 2 nitrogen and oxygen atoms in total. The maximum Gasteiger partial charge on any atom is 0.239 e. The van der Waals surface area contributed by atoms with Crippen molar-refractivity contribution in [1.29, 1.82) is 0 Å². The number of hydrogen-bond donors (Lipinski definition) is 0. The zero-order valence-electron chi connectivity index (χ0n) is 8.08. The van der Waals surface area contributed by atoms with Gasteiger partial charge < -0.3 is 4.74 Å². The molecule has 0 amide bonds. The van der Waals surface area contributed by atoms with E-state index in [1.807, 2.05) is 12.1 Å². The van der Waals surface area contributed by atoms with Crippen LogP contribution in [-0.4, -0.2) is 12.9 Å². The van der Waals surface area contributed by atoms with E-state index in [1.54, 1.807) is 6.29 Å². The summed E-state index contributed by atoms with van der Waals surface area (Å²) in [6.07, 6.45) is 6.44. The van der Waals surface area contributed by atoms with Crippen LogP contribution in [0, 0.1) is 0 Å². The SMILES string of the molecule is O=[C]COc1cccc2c1CCCC2. The van der Waals surface area contributed by atoms with Gasteiger partial charge in [0.05, 0.1) is 0 Å². The summed E-state index contributed by atoms with van der Waals surface area (Å²) in [5.74, 6) is 0.866. The van der Waals surface area contributed by atoms with Crippen LogP contribution in [0.25, 0.3) is 0 Å². The molecule has 0 bridgehead atoms.